The van der Waals surface area contributed by atoms with Crippen LogP contribution >= 0.6 is 50.9 Å². The van der Waals surface area contributed by atoms with Crippen molar-refractivity contribution in [2.24, 2.45) is 0 Å². The van der Waals surface area contributed by atoms with E-state index in [-0.39, 0.29) is 62.4 Å². The second-order valence-corrected chi connectivity index (χ2v) is 9.13. The molecule has 0 aliphatic heterocycles. The second kappa shape index (κ2) is 19.4. The molecular formula is C27H44Br3N3O2. The van der Waals surface area contributed by atoms with Crippen LogP contribution in [0.4, 0.5) is 0 Å². The third-order valence-corrected chi connectivity index (χ3v) is 6.66. The van der Waals surface area contributed by atoms with E-state index in [1.807, 2.05) is 24.5 Å². The summed E-state index contributed by atoms with van der Waals surface area (Å²) in [6, 6.07) is 8.33. The number of aromatic hydroxyl groups is 2. The summed E-state index contributed by atoms with van der Waals surface area (Å²) in [6.45, 7) is 6.75. The number of rotatable bonds is 14. The Kier molecular flexibility index (Phi) is 19.1. The molecule has 1 aliphatic rings. The molecule has 200 valence electrons. The Balaban J connectivity index is 0.00000385. The minimum atomic E-state index is 0. The highest BCUT2D eigenvalue weighted by Gasteiger charge is 2.26. The van der Waals surface area contributed by atoms with Crippen LogP contribution in [0, 0.1) is 0 Å². The van der Waals surface area contributed by atoms with Crippen LogP contribution in [0.1, 0.15) is 68.6 Å². The molecule has 1 aromatic heterocycles. The summed E-state index contributed by atoms with van der Waals surface area (Å²) in [5, 5.41) is 23.5. The molecule has 3 rings (SSSR count). The Bertz CT molecular complexity index is 812. The van der Waals surface area contributed by atoms with E-state index in [2.05, 4.69) is 28.2 Å². The Labute approximate surface area is 243 Å². The van der Waals surface area contributed by atoms with Gasteiger partial charge in [-0.25, -0.2) is 0 Å². The van der Waals surface area contributed by atoms with Gasteiger partial charge < -0.3 is 20.4 Å². The van der Waals surface area contributed by atoms with E-state index in [4.69, 9.17) is 0 Å². The first-order valence-corrected chi connectivity index (χ1v) is 12.6. The van der Waals surface area contributed by atoms with Crippen molar-refractivity contribution in [3.8, 4) is 11.5 Å². The van der Waals surface area contributed by atoms with Crippen molar-refractivity contribution in [2.45, 2.75) is 77.2 Å². The van der Waals surface area contributed by atoms with Crippen molar-refractivity contribution in [3.05, 3.63) is 53.3 Å². The summed E-state index contributed by atoms with van der Waals surface area (Å²) < 4.78 is 0. The number of nitrogens with zero attached hydrogens (tertiary/aromatic N) is 2. The summed E-state index contributed by atoms with van der Waals surface area (Å²) >= 11 is 0. The smallest absolute Gasteiger partial charge is 0.160 e. The molecular weight excluding hydrogens is 638 g/mol. The molecule has 2 aromatic rings. The molecule has 3 N–H and O–H groups in total. The number of fused-ring (bicyclic) bond motifs is 1. The lowest BCUT2D eigenvalue weighted by Gasteiger charge is -2.35. The maximum Gasteiger partial charge on any atom is 0.160 e. The van der Waals surface area contributed by atoms with E-state index in [0.29, 0.717) is 6.04 Å². The predicted octanol–water partition coefficient (Wildman–Crippen LogP) is 6.58. The molecule has 0 fully saturated rings. The Morgan fingerprint density at radius 3 is 2.49 bits per heavy atom. The van der Waals surface area contributed by atoms with Crippen LogP contribution in [-0.2, 0) is 19.3 Å². The van der Waals surface area contributed by atoms with Gasteiger partial charge in [0, 0.05) is 24.0 Å². The first kappa shape index (κ1) is 34.3. The van der Waals surface area contributed by atoms with Crippen molar-refractivity contribution in [1.29, 1.82) is 0 Å². The van der Waals surface area contributed by atoms with E-state index in [1.54, 1.807) is 6.07 Å². The number of nitrogens with one attached hydrogen (secondary N) is 1. The van der Waals surface area contributed by atoms with E-state index in [1.165, 1.54) is 49.7 Å². The Morgan fingerprint density at radius 2 is 1.74 bits per heavy atom. The van der Waals surface area contributed by atoms with E-state index < -0.39 is 0 Å². The third-order valence-electron chi connectivity index (χ3n) is 6.66. The van der Waals surface area contributed by atoms with Gasteiger partial charge in [0.1, 0.15) is 0 Å². The van der Waals surface area contributed by atoms with Gasteiger partial charge in [0.05, 0.1) is 0 Å². The zero-order chi connectivity index (χ0) is 22.6. The van der Waals surface area contributed by atoms with Crippen molar-refractivity contribution in [3.63, 3.8) is 0 Å². The fourth-order valence-corrected chi connectivity index (χ4v) is 4.89. The molecule has 0 radical (unpaired) electrons. The number of phenolic OH excluding ortho intramolecular Hbond substituents is 2. The highest BCUT2D eigenvalue weighted by atomic mass is 79.9. The van der Waals surface area contributed by atoms with Crippen molar-refractivity contribution in [2.75, 3.05) is 26.2 Å². The van der Waals surface area contributed by atoms with Gasteiger partial charge in [0.25, 0.3) is 0 Å². The highest BCUT2D eigenvalue weighted by molar-refractivity contribution is 8.93. The molecule has 35 heavy (non-hydrogen) atoms. The molecule has 8 heteroatoms. The van der Waals surface area contributed by atoms with Crippen LogP contribution in [0.15, 0.2) is 36.7 Å². The Morgan fingerprint density at radius 1 is 0.971 bits per heavy atom. The summed E-state index contributed by atoms with van der Waals surface area (Å²) in [7, 11) is 0. The van der Waals surface area contributed by atoms with Crippen LogP contribution in [0.5, 0.6) is 11.5 Å². The highest BCUT2D eigenvalue weighted by Crippen LogP contribution is 2.36. The van der Waals surface area contributed by atoms with Crippen LogP contribution in [-0.4, -0.2) is 52.3 Å². The number of hydrogen-bond acceptors (Lipinski definition) is 5. The Hall–Kier alpha value is -0.670. The van der Waals surface area contributed by atoms with Gasteiger partial charge in [0.15, 0.2) is 11.5 Å². The minimum absolute atomic E-state index is 0. The predicted molar refractivity (Wildman–Crippen MR) is 162 cm³/mol. The minimum Gasteiger partial charge on any atom is -0.504 e. The number of benzene rings is 1. The number of halogens is 3. The molecule has 1 aromatic carbocycles. The monoisotopic (exact) mass is 679 g/mol. The summed E-state index contributed by atoms with van der Waals surface area (Å²) in [6.07, 6.45) is 15.2. The quantitative estimate of drug-likeness (QED) is 0.155. The number of aromatic nitrogens is 1. The fourth-order valence-electron chi connectivity index (χ4n) is 4.89. The lowest BCUT2D eigenvalue weighted by molar-refractivity contribution is 0.175. The number of aryl methyl sites for hydroxylation is 1. The maximum atomic E-state index is 10.1. The number of hydrogen-bond donors (Lipinski definition) is 3. The molecule has 1 heterocycles. The maximum absolute atomic E-state index is 10.1. The molecule has 0 saturated heterocycles. The van der Waals surface area contributed by atoms with Gasteiger partial charge in [-0.3, -0.25) is 4.98 Å². The molecule has 0 unspecified atom stereocenters. The van der Waals surface area contributed by atoms with Gasteiger partial charge in [-0.2, -0.15) is 0 Å². The first-order chi connectivity index (χ1) is 15.7. The fraction of sp³-hybridized carbons (Fsp3) is 0.593. The molecule has 1 aliphatic carbocycles. The summed E-state index contributed by atoms with van der Waals surface area (Å²) in [5.74, 6) is 0.101. The molecule has 0 amide bonds. The largest absolute Gasteiger partial charge is 0.504 e. The van der Waals surface area contributed by atoms with Crippen LogP contribution in [0.2, 0.25) is 0 Å². The second-order valence-electron chi connectivity index (χ2n) is 9.13. The first-order valence-electron chi connectivity index (χ1n) is 12.6. The molecule has 0 saturated carbocycles. The van der Waals surface area contributed by atoms with Crippen molar-refractivity contribution >= 4 is 50.9 Å². The van der Waals surface area contributed by atoms with Crippen LogP contribution in [0.25, 0.3) is 0 Å². The van der Waals surface area contributed by atoms with Gasteiger partial charge >= 0.3 is 0 Å². The summed E-state index contributed by atoms with van der Waals surface area (Å²) in [5.41, 5.74) is 3.47. The molecule has 0 bridgehead atoms. The van der Waals surface area contributed by atoms with Gasteiger partial charge in [-0.05, 0) is 101 Å². The van der Waals surface area contributed by atoms with Gasteiger partial charge in [0.2, 0.25) is 0 Å². The number of pyridine rings is 1. The van der Waals surface area contributed by atoms with Crippen molar-refractivity contribution < 1.29 is 10.2 Å². The number of phenols is 2. The third kappa shape index (κ3) is 11.5. The zero-order valence-electron chi connectivity index (χ0n) is 21.0. The topological polar surface area (TPSA) is 68.6 Å². The van der Waals surface area contributed by atoms with Crippen molar-refractivity contribution in [1.82, 2.24) is 15.2 Å². The van der Waals surface area contributed by atoms with Gasteiger partial charge in [-0.15, -0.1) is 50.9 Å². The lowest BCUT2D eigenvalue weighted by Crippen LogP contribution is -2.40. The van der Waals surface area contributed by atoms with E-state index in [9.17, 15) is 10.2 Å². The SMILES string of the molecule is Br.Br.Br.CCCN(CCCCCCNCCCc1cccnc1)[C@H]1CCc2c(ccc(O)c2O)C1. The average Bonchev–Trinajstić information content (AvgIpc) is 2.82. The molecule has 1 atom stereocenters. The van der Waals surface area contributed by atoms with Crippen LogP contribution in [0.3, 0.4) is 0 Å². The normalized spacial score (nSPS) is 14.4. The summed E-state index contributed by atoms with van der Waals surface area (Å²) in [4.78, 5) is 6.83. The standard InChI is InChI=1S/C27H41N3O2.3BrH/c1-2-18-30(24-12-13-25-23(20-24)11-14-26(31)27(25)32)19-6-4-3-5-15-28-16-7-9-22-10-8-17-29-21-22;;;/h8,10-11,14,17,21,24,28,31-32H,2-7,9,12-13,15-16,18-20H2,1H3;3*1H/t24-;;;/m0.../s1. The number of unbranched alkanes of at least 4 members (excludes halogenated alkanes) is 3. The van der Waals surface area contributed by atoms with Gasteiger partial charge in [-0.1, -0.05) is 31.9 Å². The lowest BCUT2D eigenvalue weighted by atomic mass is 9.86. The average molecular weight is 682 g/mol. The van der Waals surface area contributed by atoms with Crippen LogP contribution < -0.4 is 5.32 Å². The van der Waals surface area contributed by atoms with E-state index >= 15 is 0 Å². The molecule has 5 nitrogen and oxygen atoms in total. The molecule has 0 spiro atoms. The van der Waals surface area contributed by atoms with E-state index in [0.717, 1.165) is 57.4 Å². The zero-order valence-corrected chi connectivity index (χ0v) is 26.1.